The molecule has 0 aliphatic rings. The second-order valence-corrected chi connectivity index (χ2v) is 9.01. The van der Waals surface area contributed by atoms with E-state index in [1.807, 2.05) is 0 Å². The van der Waals surface area contributed by atoms with Gasteiger partial charge in [0.15, 0.2) is 0 Å². The summed E-state index contributed by atoms with van der Waals surface area (Å²) in [5.41, 5.74) is 0.921. The predicted molar refractivity (Wildman–Crippen MR) is 114 cm³/mol. The molecule has 5 nitrogen and oxygen atoms in total. The summed E-state index contributed by atoms with van der Waals surface area (Å²) in [5.74, 6) is -0.868. The Hall–Kier alpha value is -3.16. The second kappa shape index (κ2) is 7.93. The maximum atomic E-state index is 13.3. The minimum absolute atomic E-state index is 0.0963. The van der Waals surface area contributed by atoms with Gasteiger partial charge in [0.05, 0.1) is 9.79 Å². The Bertz CT molecular complexity index is 1350. The van der Waals surface area contributed by atoms with Gasteiger partial charge in [-0.3, -0.25) is 4.79 Å². The standard InChI is InChI=1S/C22H16ClFN2O3S/c23-15-8-10-18(11-9-15)30(28,29)21-13-26(20-7-2-1-6-19(20)21)14-22(27)25-17-5-3-4-16(24)12-17/h1-13H,14H2,(H,25,27). The molecule has 8 heteroatoms. The van der Waals surface area contributed by atoms with Gasteiger partial charge in [0.2, 0.25) is 15.7 Å². The molecule has 0 spiro atoms. The molecular formula is C22H16ClFN2O3S. The van der Waals surface area contributed by atoms with E-state index in [0.717, 1.165) is 0 Å². The lowest BCUT2D eigenvalue weighted by Crippen LogP contribution is -2.18. The average molecular weight is 443 g/mol. The van der Waals surface area contributed by atoms with E-state index < -0.39 is 21.6 Å². The fourth-order valence-corrected chi connectivity index (χ4v) is 4.82. The van der Waals surface area contributed by atoms with E-state index in [9.17, 15) is 17.6 Å². The summed E-state index contributed by atoms with van der Waals surface area (Å²) in [6.07, 6.45) is 1.44. The Morgan fingerprint density at radius 1 is 1.00 bits per heavy atom. The van der Waals surface area contributed by atoms with Crippen LogP contribution in [0.4, 0.5) is 10.1 Å². The van der Waals surface area contributed by atoms with E-state index in [-0.39, 0.29) is 16.3 Å². The van der Waals surface area contributed by atoms with E-state index in [2.05, 4.69) is 5.32 Å². The zero-order valence-electron chi connectivity index (χ0n) is 15.5. The smallest absolute Gasteiger partial charge is 0.244 e. The highest BCUT2D eigenvalue weighted by molar-refractivity contribution is 7.91. The molecule has 1 heterocycles. The lowest BCUT2D eigenvalue weighted by molar-refractivity contribution is -0.116. The number of carbonyl (C=O) groups excluding carboxylic acids is 1. The molecule has 1 amide bonds. The molecule has 1 aromatic heterocycles. The number of rotatable bonds is 5. The monoisotopic (exact) mass is 442 g/mol. The first-order valence-corrected chi connectivity index (χ1v) is 10.8. The first-order valence-electron chi connectivity index (χ1n) is 8.98. The van der Waals surface area contributed by atoms with Crippen molar-refractivity contribution in [3.8, 4) is 0 Å². The normalized spacial score (nSPS) is 11.5. The molecule has 3 aromatic carbocycles. The van der Waals surface area contributed by atoms with Gasteiger partial charge in [0.25, 0.3) is 0 Å². The summed E-state index contributed by atoms with van der Waals surface area (Å²) in [7, 11) is -3.82. The summed E-state index contributed by atoms with van der Waals surface area (Å²) in [4.78, 5) is 12.7. The van der Waals surface area contributed by atoms with Crippen LogP contribution in [0.25, 0.3) is 10.9 Å². The van der Waals surface area contributed by atoms with E-state index >= 15 is 0 Å². The van der Waals surface area contributed by atoms with Crippen LogP contribution in [0.3, 0.4) is 0 Å². The van der Waals surface area contributed by atoms with Crippen LogP contribution in [0.15, 0.2) is 88.8 Å². The van der Waals surface area contributed by atoms with E-state index in [1.165, 1.54) is 48.7 Å². The molecule has 4 aromatic rings. The highest BCUT2D eigenvalue weighted by Gasteiger charge is 2.24. The molecule has 4 rings (SSSR count). The highest BCUT2D eigenvalue weighted by Crippen LogP contribution is 2.30. The van der Waals surface area contributed by atoms with Gasteiger partial charge >= 0.3 is 0 Å². The number of amides is 1. The lowest BCUT2D eigenvalue weighted by Gasteiger charge is -2.07. The summed E-state index contributed by atoms with van der Waals surface area (Å²) in [5, 5.41) is 3.56. The van der Waals surface area contributed by atoms with Crippen molar-refractivity contribution in [3.63, 3.8) is 0 Å². The number of fused-ring (bicyclic) bond motifs is 1. The van der Waals surface area contributed by atoms with Crippen molar-refractivity contribution in [1.29, 1.82) is 0 Å². The number of aromatic nitrogens is 1. The topological polar surface area (TPSA) is 68.2 Å². The average Bonchev–Trinajstić information content (AvgIpc) is 3.07. The number of benzene rings is 3. The summed E-state index contributed by atoms with van der Waals surface area (Å²) >= 11 is 5.87. The number of nitrogens with one attached hydrogen (secondary N) is 1. The van der Waals surface area contributed by atoms with Crippen molar-refractivity contribution in [2.75, 3.05) is 5.32 Å². The van der Waals surface area contributed by atoms with Gasteiger partial charge in [-0.15, -0.1) is 0 Å². The van der Waals surface area contributed by atoms with Gasteiger partial charge in [-0.05, 0) is 48.5 Å². The van der Waals surface area contributed by atoms with E-state index in [0.29, 0.717) is 21.6 Å². The van der Waals surface area contributed by atoms with Crippen molar-refractivity contribution >= 4 is 43.9 Å². The minimum Gasteiger partial charge on any atom is -0.337 e. The molecule has 0 atom stereocenters. The molecule has 0 unspecified atom stereocenters. The highest BCUT2D eigenvalue weighted by atomic mass is 35.5. The van der Waals surface area contributed by atoms with E-state index in [1.54, 1.807) is 34.9 Å². The zero-order valence-corrected chi connectivity index (χ0v) is 17.1. The van der Waals surface area contributed by atoms with Gasteiger partial charge in [-0.2, -0.15) is 0 Å². The lowest BCUT2D eigenvalue weighted by atomic mass is 10.2. The molecular weight excluding hydrogens is 427 g/mol. The number of hydrogen-bond donors (Lipinski definition) is 1. The Balaban J connectivity index is 1.70. The van der Waals surface area contributed by atoms with Crippen LogP contribution in [0.2, 0.25) is 5.02 Å². The van der Waals surface area contributed by atoms with Gasteiger partial charge in [-0.1, -0.05) is 35.9 Å². The van der Waals surface area contributed by atoms with Crippen LogP contribution in [-0.4, -0.2) is 18.9 Å². The van der Waals surface area contributed by atoms with Crippen molar-refractivity contribution in [2.24, 2.45) is 0 Å². The largest absolute Gasteiger partial charge is 0.337 e. The number of anilines is 1. The molecule has 0 fully saturated rings. The number of sulfone groups is 1. The molecule has 0 radical (unpaired) electrons. The van der Waals surface area contributed by atoms with Crippen LogP contribution in [0, 0.1) is 5.82 Å². The molecule has 0 aliphatic heterocycles. The predicted octanol–water partition coefficient (Wildman–Crippen LogP) is 4.91. The molecule has 0 aliphatic carbocycles. The van der Waals surface area contributed by atoms with Crippen LogP contribution < -0.4 is 5.32 Å². The first-order chi connectivity index (χ1) is 14.3. The maximum absolute atomic E-state index is 13.3. The van der Waals surface area contributed by atoms with Crippen molar-refractivity contribution in [2.45, 2.75) is 16.3 Å². The third-order valence-electron chi connectivity index (χ3n) is 4.59. The maximum Gasteiger partial charge on any atom is 0.244 e. The summed E-state index contributed by atoms with van der Waals surface area (Å²) in [6, 6.07) is 18.4. The number of carbonyl (C=O) groups is 1. The molecule has 0 bridgehead atoms. The number of para-hydroxylation sites is 1. The molecule has 0 saturated carbocycles. The third kappa shape index (κ3) is 3.94. The Kier molecular flexibility index (Phi) is 5.32. The third-order valence-corrected chi connectivity index (χ3v) is 6.64. The Labute approximate surface area is 177 Å². The van der Waals surface area contributed by atoms with Crippen LogP contribution in [0.5, 0.6) is 0 Å². The van der Waals surface area contributed by atoms with Crippen LogP contribution >= 0.6 is 11.6 Å². The van der Waals surface area contributed by atoms with Crippen LogP contribution in [-0.2, 0) is 21.2 Å². The SMILES string of the molecule is O=C(Cn1cc(S(=O)(=O)c2ccc(Cl)cc2)c2ccccc21)Nc1cccc(F)c1. The Morgan fingerprint density at radius 3 is 2.47 bits per heavy atom. The second-order valence-electron chi connectivity index (χ2n) is 6.65. The number of halogens is 2. The fourth-order valence-electron chi connectivity index (χ4n) is 3.22. The van der Waals surface area contributed by atoms with Crippen LogP contribution in [0.1, 0.15) is 0 Å². The van der Waals surface area contributed by atoms with E-state index in [4.69, 9.17) is 11.6 Å². The summed E-state index contributed by atoms with van der Waals surface area (Å²) < 4.78 is 41.3. The quantitative estimate of drug-likeness (QED) is 0.477. The minimum atomic E-state index is -3.82. The molecule has 152 valence electrons. The first kappa shape index (κ1) is 20.1. The van der Waals surface area contributed by atoms with Crippen molar-refractivity contribution in [1.82, 2.24) is 4.57 Å². The number of nitrogens with zero attached hydrogens (tertiary/aromatic N) is 1. The van der Waals surface area contributed by atoms with Gasteiger partial charge in [-0.25, -0.2) is 12.8 Å². The Morgan fingerprint density at radius 2 is 1.73 bits per heavy atom. The van der Waals surface area contributed by atoms with Crippen molar-refractivity contribution < 1.29 is 17.6 Å². The van der Waals surface area contributed by atoms with Gasteiger partial charge in [0.1, 0.15) is 12.4 Å². The van der Waals surface area contributed by atoms with Gasteiger partial charge in [0, 0.05) is 27.8 Å². The molecule has 30 heavy (non-hydrogen) atoms. The summed E-state index contributed by atoms with van der Waals surface area (Å²) in [6.45, 7) is -0.132. The number of hydrogen-bond acceptors (Lipinski definition) is 3. The van der Waals surface area contributed by atoms with Gasteiger partial charge < -0.3 is 9.88 Å². The molecule has 1 N–H and O–H groups in total. The molecule has 0 saturated heterocycles. The fraction of sp³-hybridized carbons (Fsp3) is 0.0455. The van der Waals surface area contributed by atoms with Crippen molar-refractivity contribution in [3.05, 3.63) is 89.8 Å². The zero-order chi connectivity index (χ0) is 21.3.